The largest absolute Gasteiger partial charge is 0.444 e. The van der Waals surface area contributed by atoms with E-state index in [-0.39, 0.29) is 16.9 Å². The summed E-state index contributed by atoms with van der Waals surface area (Å²) in [6.45, 7) is 7.07. The number of hydrogen-bond donors (Lipinski definition) is 1. The van der Waals surface area contributed by atoms with Gasteiger partial charge >= 0.3 is 6.09 Å². The molecular weight excluding hydrogens is 376 g/mol. The van der Waals surface area contributed by atoms with Gasteiger partial charge in [-0.3, -0.25) is 0 Å². The summed E-state index contributed by atoms with van der Waals surface area (Å²) in [6, 6.07) is 12.8. The Balaban J connectivity index is 1.54. The third-order valence-corrected chi connectivity index (χ3v) is 6.28. The first-order valence-electron chi connectivity index (χ1n) is 9.60. The highest BCUT2D eigenvalue weighted by atomic mass is 32.2. The average molecular weight is 405 g/mol. The zero-order valence-electron chi connectivity index (χ0n) is 16.6. The van der Waals surface area contributed by atoms with Gasteiger partial charge in [-0.25, -0.2) is 17.9 Å². The fourth-order valence-electron chi connectivity index (χ4n) is 3.29. The zero-order chi connectivity index (χ0) is 20.4. The maximum absolute atomic E-state index is 12.7. The van der Waals surface area contributed by atoms with Crippen LogP contribution in [0.4, 0.5) is 4.79 Å². The molecule has 1 N–H and O–H groups in total. The molecule has 152 valence electrons. The molecule has 0 atom stereocenters. The molecule has 0 spiro atoms. The predicted molar refractivity (Wildman–Crippen MR) is 110 cm³/mol. The van der Waals surface area contributed by atoms with Gasteiger partial charge in [0.25, 0.3) is 0 Å². The van der Waals surface area contributed by atoms with Crippen molar-refractivity contribution in [1.29, 1.82) is 0 Å². The van der Waals surface area contributed by atoms with Gasteiger partial charge in [0.05, 0.1) is 4.90 Å². The van der Waals surface area contributed by atoms with Crippen LogP contribution in [0.1, 0.15) is 33.6 Å². The van der Waals surface area contributed by atoms with Crippen LogP contribution in [0.5, 0.6) is 0 Å². The molecule has 0 radical (unpaired) electrons. The molecule has 6 nitrogen and oxygen atoms in total. The van der Waals surface area contributed by atoms with E-state index in [0.29, 0.717) is 19.6 Å². The summed E-state index contributed by atoms with van der Waals surface area (Å²) in [5.41, 5.74) is -0.510. The van der Waals surface area contributed by atoms with Gasteiger partial charge in [-0.2, -0.15) is 0 Å². The van der Waals surface area contributed by atoms with E-state index >= 15 is 0 Å². The number of benzene rings is 2. The molecule has 0 aliphatic carbocycles. The molecular formula is C21H28N2O4S. The van der Waals surface area contributed by atoms with Gasteiger partial charge in [0.2, 0.25) is 10.0 Å². The van der Waals surface area contributed by atoms with Gasteiger partial charge in [-0.05, 0) is 62.4 Å². The van der Waals surface area contributed by atoms with E-state index in [1.807, 2.05) is 51.1 Å². The van der Waals surface area contributed by atoms with Crippen molar-refractivity contribution in [3.63, 3.8) is 0 Å². The van der Waals surface area contributed by atoms with Gasteiger partial charge < -0.3 is 9.64 Å². The first kappa shape index (κ1) is 20.6. The number of nitrogens with one attached hydrogen (secondary N) is 1. The van der Waals surface area contributed by atoms with Crippen LogP contribution in [0.15, 0.2) is 47.4 Å². The van der Waals surface area contributed by atoms with Crippen LogP contribution < -0.4 is 4.72 Å². The summed E-state index contributed by atoms with van der Waals surface area (Å²) in [5, 5.41) is 1.91. The SMILES string of the molecule is CC(C)(C)OC(=O)N1CCC(CNS(=O)(=O)c2ccc3ccccc3c2)CC1. The monoisotopic (exact) mass is 404 g/mol. The highest BCUT2D eigenvalue weighted by Gasteiger charge is 2.27. The van der Waals surface area contributed by atoms with Crippen LogP contribution in [0.2, 0.25) is 0 Å². The van der Waals surface area contributed by atoms with Crippen molar-refractivity contribution >= 4 is 26.9 Å². The summed E-state index contributed by atoms with van der Waals surface area (Å²) < 4.78 is 33.4. The minimum Gasteiger partial charge on any atom is -0.444 e. The highest BCUT2D eigenvalue weighted by molar-refractivity contribution is 7.89. The standard InChI is InChI=1S/C21H28N2O4S/c1-21(2,3)27-20(24)23-12-10-16(11-13-23)15-22-28(25,26)19-9-8-17-6-4-5-7-18(17)14-19/h4-9,14,16,22H,10-13,15H2,1-3H3. The van der Waals surface area contributed by atoms with Gasteiger partial charge in [-0.15, -0.1) is 0 Å². The Kier molecular flexibility index (Phi) is 5.95. The molecule has 7 heteroatoms. The predicted octanol–water partition coefficient (Wildman–Crippen LogP) is 3.77. The molecule has 0 bridgehead atoms. The van der Waals surface area contributed by atoms with Gasteiger partial charge in [0.15, 0.2) is 0 Å². The Morgan fingerprint density at radius 1 is 1.11 bits per heavy atom. The van der Waals surface area contributed by atoms with E-state index in [4.69, 9.17) is 4.74 Å². The number of ether oxygens (including phenoxy) is 1. The lowest BCUT2D eigenvalue weighted by Crippen LogP contribution is -2.43. The molecule has 3 rings (SSSR count). The molecule has 1 saturated heterocycles. The number of hydrogen-bond acceptors (Lipinski definition) is 4. The molecule has 1 amide bonds. The lowest BCUT2D eigenvalue weighted by atomic mass is 9.97. The second-order valence-corrected chi connectivity index (χ2v) is 10.0. The number of likely N-dealkylation sites (tertiary alicyclic amines) is 1. The maximum atomic E-state index is 12.7. The number of fused-ring (bicyclic) bond motifs is 1. The molecule has 1 aliphatic rings. The molecule has 0 aromatic heterocycles. The van der Waals surface area contributed by atoms with Crippen molar-refractivity contribution in [2.45, 2.75) is 44.1 Å². The average Bonchev–Trinajstić information content (AvgIpc) is 2.65. The Morgan fingerprint density at radius 2 is 1.75 bits per heavy atom. The molecule has 1 heterocycles. The topological polar surface area (TPSA) is 75.7 Å². The van der Waals surface area contributed by atoms with Crippen molar-refractivity contribution in [3.8, 4) is 0 Å². The highest BCUT2D eigenvalue weighted by Crippen LogP contribution is 2.21. The fourth-order valence-corrected chi connectivity index (χ4v) is 4.44. The first-order chi connectivity index (χ1) is 13.1. The second kappa shape index (κ2) is 8.09. The molecule has 0 saturated carbocycles. The Labute approximate surface area is 166 Å². The van der Waals surface area contributed by atoms with Crippen molar-refractivity contribution in [2.24, 2.45) is 5.92 Å². The lowest BCUT2D eigenvalue weighted by molar-refractivity contribution is 0.0185. The summed E-state index contributed by atoms with van der Waals surface area (Å²) in [5.74, 6) is 0.203. The number of piperidine rings is 1. The van der Waals surface area contributed by atoms with Crippen molar-refractivity contribution < 1.29 is 17.9 Å². The smallest absolute Gasteiger partial charge is 0.410 e. The van der Waals surface area contributed by atoms with Crippen LogP contribution in [-0.2, 0) is 14.8 Å². The van der Waals surface area contributed by atoms with Crippen LogP contribution in [0, 0.1) is 5.92 Å². The van der Waals surface area contributed by atoms with Crippen molar-refractivity contribution in [3.05, 3.63) is 42.5 Å². The van der Waals surface area contributed by atoms with Crippen molar-refractivity contribution in [1.82, 2.24) is 9.62 Å². The quantitative estimate of drug-likeness (QED) is 0.842. The normalized spacial score (nSPS) is 16.3. The van der Waals surface area contributed by atoms with Crippen LogP contribution in [0.3, 0.4) is 0 Å². The Morgan fingerprint density at radius 3 is 2.39 bits per heavy atom. The van der Waals surface area contributed by atoms with Crippen LogP contribution >= 0.6 is 0 Å². The summed E-state index contributed by atoms with van der Waals surface area (Å²) in [6.07, 6.45) is 1.20. The molecule has 2 aromatic carbocycles. The van der Waals surface area contributed by atoms with Crippen molar-refractivity contribution in [2.75, 3.05) is 19.6 Å². The van der Waals surface area contributed by atoms with E-state index in [1.54, 1.807) is 17.0 Å². The summed E-state index contributed by atoms with van der Waals surface area (Å²) >= 11 is 0. The Bertz CT molecular complexity index is 942. The molecule has 2 aromatic rings. The minimum atomic E-state index is -3.56. The molecule has 28 heavy (non-hydrogen) atoms. The maximum Gasteiger partial charge on any atom is 0.410 e. The third kappa shape index (κ3) is 5.23. The Hall–Kier alpha value is -2.12. The van der Waals surface area contributed by atoms with E-state index < -0.39 is 15.6 Å². The molecule has 1 fully saturated rings. The minimum absolute atomic E-state index is 0.203. The van der Waals surface area contributed by atoms with Crippen LogP contribution in [-0.4, -0.2) is 44.6 Å². The number of amides is 1. The number of carbonyl (C=O) groups excluding carboxylic acids is 1. The van der Waals surface area contributed by atoms with E-state index in [2.05, 4.69) is 4.72 Å². The lowest BCUT2D eigenvalue weighted by Gasteiger charge is -2.33. The second-order valence-electron chi connectivity index (χ2n) is 8.27. The summed E-state index contributed by atoms with van der Waals surface area (Å²) in [4.78, 5) is 14.1. The van der Waals surface area contributed by atoms with E-state index in [9.17, 15) is 13.2 Å². The summed E-state index contributed by atoms with van der Waals surface area (Å²) in [7, 11) is -3.56. The fraction of sp³-hybridized carbons (Fsp3) is 0.476. The molecule has 0 unspecified atom stereocenters. The molecule has 1 aliphatic heterocycles. The van der Waals surface area contributed by atoms with Gasteiger partial charge in [0.1, 0.15) is 5.60 Å². The van der Waals surface area contributed by atoms with Gasteiger partial charge in [-0.1, -0.05) is 30.3 Å². The third-order valence-electron chi connectivity index (χ3n) is 4.86. The van der Waals surface area contributed by atoms with E-state index in [0.717, 1.165) is 23.6 Å². The number of carbonyl (C=O) groups is 1. The van der Waals surface area contributed by atoms with E-state index in [1.165, 1.54) is 0 Å². The number of rotatable bonds is 4. The number of sulfonamides is 1. The zero-order valence-corrected chi connectivity index (χ0v) is 17.5. The first-order valence-corrected chi connectivity index (χ1v) is 11.1. The van der Waals surface area contributed by atoms with Crippen LogP contribution in [0.25, 0.3) is 10.8 Å². The van der Waals surface area contributed by atoms with Gasteiger partial charge in [0, 0.05) is 19.6 Å². The number of nitrogens with zero attached hydrogens (tertiary/aromatic N) is 1.